The Labute approximate surface area is 189 Å². The van der Waals surface area contributed by atoms with E-state index in [0.29, 0.717) is 34.0 Å². The molecule has 2 N–H and O–H groups in total. The van der Waals surface area contributed by atoms with Gasteiger partial charge in [-0.1, -0.05) is 6.07 Å². The molecule has 0 radical (unpaired) electrons. The largest absolute Gasteiger partial charge is 0.481 e. The summed E-state index contributed by atoms with van der Waals surface area (Å²) in [6, 6.07) is 12.3. The monoisotopic (exact) mass is 446 g/mol. The molecule has 1 fully saturated rings. The van der Waals surface area contributed by atoms with Crippen LogP contribution in [0.25, 0.3) is 33.7 Å². The van der Waals surface area contributed by atoms with Gasteiger partial charge in [0.25, 0.3) is 0 Å². The third-order valence-electron chi connectivity index (χ3n) is 6.09. The van der Waals surface area contributed by atoms with E-state index >= 15 is 0 Å². The van der Waals surface area contributed by atoms with E-state index in [9.17, 15) is 9.18 Å². The van der Waals surface area contributed by atoms with E-state index in [-0.39, 0.29) is 24.3 Å². The number of carboxylic acid groups (broad SMARTS) is 1. The molecule has 3 aromatic heterocycles. The van der Waals surface area contributed by atoms with Gasteiger partial charge < -0.3 is 14.8 Å². The zero-order valence-corrected chi connectivity index (χ0v) is 17.9. The number of ether oxygens (including phenoxy) is 1. The smallest absolute Gasteiger partial charge is 0.303 e. The number of nitrogens with one attached hydrogen (secondary N) is 1. The van der Waals surface area contributed by atoms with Crippen LogP contribution in [-0.4, -0.2) is 37.1 Å². The molecule has 0 unspecified atom stereocenters. The summed E-state index contributed by atoms with van der Waals surface area (Å²) in [7, 11) is 0. The Balaban J connectivity index is 1.25. The SMILES string of the molecule is O=C(O)C[C@H]1CC[C@H](Oc2ccc(-c3ccc(-c4nc5cccnc5[nH]4)c(F)c3)cn2)CC1. The van der Waals surface area contributed by atoms with Crippen molar-refractivity contribution >= 4 is 17.1 Å². The summed E-state index contributed by atoms with van der Waals surface area (Å²) in [6.07, 6.45) is 6.95. The minimum atomic E-state index is -0.740. The van der Waals surface area contributed by atoms with E-state index in [2.05, 4.69) is 19.9 Å². The quantitative estimate of drug-likeness (QED) is 0.420. The number of aromatic nitrogens is 4. The van der Waals surface area contributed by atoms with Gasteiger partial charge in [-0.15, -0.1) is 0 Å². The molecule has 1 saturated carbocycles. The number of halogens is 1. The van der Waals surface area contributed by atoms with Crippen molar-refractivity contribution in [1.82, 2.24) is 19.9 Å². The highest BCUT2D eigenvalue weighted by Gasteiger charge is 2.24. The number of pyridine rings is 2. The Bertz CT molecular complexity index is 1250. The Morgan fingerprint density at radius 2 is 1.91 bits per heavy atom. The molecule has 1 aliphatic carbocycles. The van der Waals surface area contributed by atoms with Crippen molar-refractivity contribution < 1.29 is 19.0 Å². The number of hydrogen-bond acceptors (Lipinski definition) is 5. The molecule has 7 nitrogen and oxygen atoms in total. The van der Waals surface area contributed by atoms with Crippen molar-refractivity contribution in [2.45, 2.75) is 38.2 Å². The second-order valence-electron chi connectivity index (χ2n) is 8.39. The number of nitrogens with zero attached hydrogens (tertiary/aromatic N) is 3. The molecule has 33 heavy (non-hydrogen) atoms. The van der Waals surface area contributed by atoms with Gasteiger partial charge in [0, 0.05) is 30.4 Å². The lowest BCUT2D eigenvalue weighted by Crippen LogP contribution is -2.25. The van der Waals surface area contributed by atoms with Crippen LogP contribution in [0.4, 0.5) is 4.39 Å². The fraction of sp³-hybridized carbons (Fsp3) is 0.280. The van der Waals surface area contributed by atoms with Gasteiger partial charge in [0.1, 0.15) is 23.3 Å². The van der Waals surface area contributed by atoms with Crippen molar-refractivity contribution in [3.8, 4) is 28.4 Å². The number of imidazole rings is 1. The highest BCUT2D eigenvalue weighted by molar-refractivity contribution is 5.76. The summed E-state index contributed by atoms with van der Waals surface area (Å²) in [5.74, 6) is 0.0621. The van der Waals surface area contributed by atoms with E-state index in [1.54, 1.807) is 30.6 Å². The molecule has 5 rings (SSSR count). The molecule has 0 amide bonds. The normalized spacial score (nSPS) is 18.3. The predicted octanol–water partition coefficient (Wildman–Crippen LogP) is 5.24. The maximum absolute atomic E-state index is 14.9. The van der Waals surface area contributed by atoms with Gasteiger partial charge in [-0.05, 0) is 67.5 Å². The second-order valence-corrected chi connectivity index (χ2v) is 8.39. The molecule has 4 aromatic rings. The molecular formula is C25H23FN4O3. The van der Waals surface area contributed by atoms with Gasteiger partial charge >= 0.3 is 5.97 Å². The summed E-state index contributed by atoms with van der Waals surface area (Å²) < 4.78 is 20.9. The lowest BCUT2D eigenvalue weighted by atomic mass is 9.85. The number of H-pyrrole nitrogens is 1. The number of aromatic amines is 1. The van der Waals surface area contributed by atoms with Crippen LogP contribution in [0.3, 0.4) is 0 Å². The number of carbonyl (C=O) groups is 1. The maximum atomic E-state index is 14.9. The Morgan fingerprint density at radius 3 is 2.61 bits per heavy atom. The van der Waals surface area contributed by atoms with E-state index in [4.69, 9.17) is 9.84 Å². The van der Waals surface area contributed by atoms with Crippen molar-refractivity contribution in [2.24, 2.45) is 5.92 Å². The lowest BCUT2D eigenvalue weighted by molar-refractivity contribution is -0.138. The minimum Gasteiger partial charge on any atom is -0.481 e. The third kappa shape index (κ3) is 4.69. The standard InChI is InChI=1S/C25H23FN4O3/c26-20-13-16(5-9-19(20)24-29-21-2-1-11-27-25(21)30-24)17-6-10-22(28-14-17)33-18-7-3-15(4-8-18)12-23(31)32/h1-2,5-6,9-11,13-15,18H,3-4,7-8,12H2,(H,31,32)(H,27,29,30)/t15-,18-. The lowest BCUT2D eigenvalue weighted by Gasteiger charge is -2.27. The highest BCUT2D eigenvalue weighted by atomic mass is 19.1. The average Bonchev–Trinajstić information content (AvgIpc) is 3.24. The minimum absolute atomic E-state index is 0.0448. The van der Waals surface area contributed by atoms with Crippen molar-refractivity contribution in [3.63, 3.8) is 0 Å². The van der Waals surface area contributed by atoms with E-state index < -0.39 is 5.97 Å². The van der Waals surface area contributed by atoms with Crippen LogP contribution in [0.5, 0.6) is 5.88 Å². The third-order valence-corrected chi connectivity index (χ3v) is 6.09. The number of benzene rings is 1. The van der Waals surface area contributed by atoms with Crippen molar-refractivity contribution in [2.75, 3.05) is 0 Å². The first kappa shape index (κ1) is 21.1. The van der Waals surface area contributed by atoms with Crippen molar-refractivity contribution in [3.05, 3.63) is 60.7 Å². The number of aliphatic carboxylic acids is 1. The molecule has 1 aromatic carbocycles. The van der Waals surface area contributed by atoms with Gasteiger partial charge in [-0.3, -0.25) is 4.79 Å². The number of fused-ring (bicyclic) bond motifs is 1. The second kappa shape index (κ2) is 8.97. The summed E-state index contributed by atoms with van der Waals surface area (Å²) in [5, 5.41) is 8.94. The Kier molecular flexibility index (Phi) is 5.73. The molecule has 8 heteroatoms. The molecule has 168 valence electrons. The van der Waals surface area contributed by atoms with Crippen LogP contribution in [0.2, 0.25) is 0 Å². The fourth-order valence-corrected chi connectivity index (χ4v) is 4.35. The number of carboxylic acids is 1. The van der Waals surface area contributed by atoms with E-state index in [0.717, 1.165) is 31.2 Å². The summed E-state index contributed by atoms with van der Waals surface area (Å²) in [5.41, 5.74) is 3.17. The topological polar surface area (TPSA) is 101 Å². The average molecular weight is 446 g/mol. The van der Waals surface area contributed by atoms with Crippen LogP contribution >= 0.6 is 0 Å². The number of rotatable bonds is 6. The molecule has 0 bridgehead atoms. The van der Waals surface area contributed by atoms with Gasteiger partial charge in [-0.2, -0.15) is 0 Å². The zero-order chi connectivity index (χ0) is 22.8. The molecule has 0 aliphatic heterocycles. The van der Waals surface area contributed by atoms with E-state index in [1.807, 2.05) is 18.2 Å². The first-order valence-electron chi connectivity index (χ1n) is 11.0. The molecule has 0 spiro atoms. The Morgan fingerprint density at radius 1 is 1.09 bits per heavy atom. The molecule has 3 heterocycles. The van der Waals surface area contributed by atoms with Crippen molar-refractivity contribution in [1.29, 1.82) is 0 Å². The summed E-state index contributed by atoms with van der Waals surface area (Å²) >= 11 is 0. The predicted molar refractivity (Wildman–Crippen MR) is 121 cm³/mol. The summed E-state index contributed by atoms with van der Waals surface area (Å²) in [4.78, 5) is 26.9. The van der Waals surface area contributed by atoms with E-state index in [1.165, 1.54) is 6.07 Å². The maximum Gasteiger partial charge on any atom is 0.303 e. The number of hydrogen-bond donors (Lipinski definition) is 2. The van der Waals surface area contributed by atoms with Gasteiger partial charge in [-0.25, -0.2) is 19.3 Å². The fourth-order valence-electron chi connectivity index (χ4n) is 4.35. The first-order valence-corrected chi connectivity index (χ1v) is 11.0. The van der Waals surface area contributed by atoms with Gasteiger partial charge in [0.15, 0.2) is 5.65 Å². The summed E-state index contributed by atoms with van der Waals surface area (Å²) in [6.45, 7) is 0. The van der Waals surface area contributed by atoms with Crippen LogP contribution < -0.4 is 4.74 Å². The van der Waals surface area contributed by atoms with Crippen LogP contribution in [0.1, 0.15) is 32.1 Å². The highest BCUT2D eigenvalue weighted by Crippen LogP contribution is 2.31. The van der Waals surface area contributed by atoms with Gasteiger partial charge in [0.05, 0.1) is 5.56 Å². The molecule has 0 saturated heterocycles. The zero-order valence-electron chi connectivity index (χ0n) is 17.9. The van der Waals surface area contributed by atoms with Crippen LogP contribution in [-0.2, 0) is 4.79 Å². The van der Waals surface area contributed by atoms with Crippen LogP contribution in [0, 0.1) is 11.7 Å². The van der Waals surface area contributed by atoms with Gasteiger partial charge in [0.2, 0.25) is 5.88 Å². The van der Waals surface area contributed by atoms with Crippen LogP contribution in [0.15, 0.2) is 54.9 Å². The molecule has 1 aliphatic rings. The molecular weight excluding hydrogens is 423 g/mol. The molecule has 0 atom stereocenters. The first-order chi connectivity index (χ1) is 16.0. The Hall–Kier alpha value is -3.81.